The molecule has 2 saturated heterocycles. The fourth-order valence-corrected chi connectivity index (χ4v) is 6.09. The standard InChI is InChI=1S/C24H37N5/c1-24(2)19-8-7-18(21(24)15-19)16-28-14-10-20(17-28)26-23-25-11-9-22(27-23)29-12-5-3-4-6-13-29/h7,9,11,19-21H,3-6,8,10,12-17H2,1-2H3,(H,25,26,27)/t19?,20?,21-/m1/s1. The molecule has 2 unspecified atom stereocenters. The first kappa shape index (κ1) is 19.3. The Labute approximate surface area is 176 Å². The zero-order valence-corrected chi connectivity index (χ0v) is 18.2. The number of hydrogen-bond acceptors (Lipinski definition) is 5. The van der Waals surface area contributed by atoms with Gasteiger partial charge in [-0.2, -0.15) is 4.98 Å². The largest absolute Gasteiger partial charge is 0.356 e. The minimum atomic E-state index is 0.459. The predicted molar refractivity (Wildman–Crippen MR) is 119 cm³/mol. The Bertz CT molecular complexity index is 749. The summed E-state index contributed by atoms with van der Waals surface area (Å²) in [4.78, 5) is 14.4. The lowest BCUT2D eigenvalue weighted by molar-refractivity contribution is -0.0100. The second-order valence-corrected chi connectivity index (χ2v) is 10.3. The van der Waals surface area contributed by atoms with Gasteiger partial charge in [0, 0.05) is 45.0 Å². The van der Waals surface area contributed by atoms with Crippen molar-refractivity contribution in [2.45, 2.75) is 64.8 Å². The molecule has 158 valence electrons. The molecule has 0 aromatic carbocycles. The van der Waals surface area contributed by atoms with Crippen molar-refractivity contribution in [1.82, 2.24) is 14.9 Å². The lowest BCUT2D eigenvalue weighted by Crippen LogP contribution is -2.49. The highest BCUT2D eigenvalue weighted by atomic mass is 15.3. The molecule has 5 nitrogen and oxygen atoms in total. The van der Waals surface area contributed by atoms with Crippen LogP contribution in [0.15, 0.2) is 23.9 Å². The van der Waals surface area contributed by atoms with Gasteiger partial charge < -0.3 is 10.2 Å². The Kier molecular flexibility index (Phi) is 5.27. The van der Waals surface area contributed by atoms with Crippen LogP contribution in [0.5, 0.6) is 0 Å². The van der Waals surface area contributed by atoms with E-state index in [-0.39, 0.29) is 0 Å². The molecule has 1 aromatic heterocycles. The lowest BCUT2D eigenvalue weighted by Gasteiger charge is -2.57. The maximum Gasteiger partial charge on any atom is 0.224 e. The van der Waals surface area contributed by atoms with Crippen LogP contribution in [-0.2, 0) is 0 Å². The molecule has 5 heteroatoms. The number of aromatic nitrogens is 2. The average molecular weight is 396 g/mol. The second kappa shape index (κ2) is 7.90. The maximum atomic E-state index is 4.85. The van der Waals surface area contributed by atoms with Gasteiger partial charge in [0.15, 0.2) is 0 Å². The summed E-state index contributed by atoms with van der Waals surface area (Å²) in [6.45, 7) is 10.6. The minimum absolute atomic E-state index is 0.459. The molecule has 1 saturated carbocycles. The van der Waals surface area contributed by atoms with Gasteiger partial charge in [0.2, 0.25) is 5.95 Å². The van der Waals surface area contributed by atoms with Crippen LogP contribution in [0.1, 0.15) is 58.8 Å². The number of hydrogen-bond donors (Lipinski definition) is 1. The van der Waals surface area contributed by atoms with Crippen LogP contribution < -0.4 is 10.2 Å². The number of likely N-dealkylation sites (tertiary alicyclic amines) is 1. The van der Waals surface area contributed by atoms with E-state index < -0.39 is 0 Å². The summed E-state index contributed by atoms with van der Waals surface area (Å²) < 4.78 is 0. The third kappa shape index (κ3) is 3.90. The van der Waals surface area contributed by atoms with Crippen molar-refractivity contribution in [3.63, 3.8) is 0 Å². The molecular weight excluding hydrogens is 358 g/mol. The SMILES string of the molecule is CC1(C)C2CC=C(CN3CCC(Nc4nccc(N5CCCCCC5)n4)C3)[C@H]1C2. The maximum absolute atomic E-state index is 4.85. The third-order valence-electron chi connectivity index (χ3n) is 8.17. The van der Waals surface area contributed by atoms with E-state index in [0.717, 1.165) is 49.8 Å². The van der Waals surface area contributed by atoms with Crippen LogP contribution in [0.4, 0.5) is 11.8 Å². The Hall–Kier alpha value is -1.62. The van der Waals surface area contributed by atoms with E-state index in [1.165, 1.54) is 51.5 Å². The number of nitrogens with one attached hydrogen (secondary N) is 1. The van der Waals surface area contributed by atoms with Gasteiger partial charge in [0.05, 0.1) is 0 Å². The van der Waals surface area contributed by atoms with Crippen molar-refractivity contribution < 1.29 is 0 Å². The number of rotatable bonds is 5. The molecule has 0 amide bonds. The smallest absolute Gasteiger partial charge is 0.224 e. The molecule has 0 spiro atoms. The molecule has 29 heavy (non-hydrogen) atoms. The summed E-state index contributed by atoms with van der Waals surface area (Å²) in [5, 5.41) is 3.63. The van der Waals surface area contributed by atoms with Crippen LogP contribution in [0, 0.1) is 17.3 Å². The summed E-state index contributed by atoms with van der Waals surface area (Å²) in [7, 11) is 0. The minimum Gasteiger partial charge on any atom is -0.356 e. The molecule has 6 rings (SSSR count). The lowest BCUT2D eigenvalue weighted by atomic mass is 9.49. The molecule has 3 fully saturated rings. The van der Waals surface area contributed by atoms with Crippen LogP contribution >= 0.6 is 0 Å². The average Bonchev–Trinajstić information content (AvgIpc) is 2.98. The molecule has 1 aromatic rings. The first-order chi connectivity index (χ1) is 14.1. The van der Waals surface area contributed by atoms with Gasteiger partial charge in [-0.3, -0.25) is 4.90 Å². The van der Waals surface area contributed by atoms with Gasteiger partial charge in [0.1, 0.15) is 5.82 Å². The van der Waals surface area contributed by atoms with Crippen molar-refractivity contribution in [3.8, 4) is 0 Å². The predicted octanol–water partition coefficient (Wildman–Crippen LogP) is 4.34. The molecule has 3 atom stereocenters. The van der Waals surface area contributed by atoms with Crippen LogP contribution in [0.3, 0.4) is 0 Å². The second-order valence-electron chi connectivity index (χ2n) is 10.3. The van der Waals surface area contributed by atoms with E-state index >= 15 is 0 Å². The van der Waals surface area contributed by atoms with E-state index in [2.05, 4.69) is 46.1 Å². The Balaban J connectivity index is 1.16. The Morgan fingerprint density at radius 1 is 1.14 bits per heavy atom. The van der Waals surface area contributed by atoms with Crippen molar-refractivity contribution >= 4 is 11.8 Å². The topological polar surface area (TPSA) is 44.3 Å². The first-order valence-corrected chi connectivity index (χ1v) is 11.9. The highest BCUT2D eigenvalue weighted by Gasteiger charge is 2.51. The van der Waals surface area contributed by atoms with Gasteiger partial charge in [0.25, 0.3) is 0 Å². The zero-order valence-electron chi connectivity index (χ0n) is 18.2. The van der Waals surface area contributed by atoms with Crippen molar-refractivity contribution in [2.75, 3.05) is 42.9 Å². The first-order valence-electron chi connectivity index (χ1n) is 11.9. The van der Waals surface area contributed by atoms with Gasteiger partial charge in [-0.15, -0.1) is 0 Å². The number of anilines is 2. The van der Waals surface area contributed by atoms with Gasteiger partial charge in [-0.1, -0.05) is 38.3 Å². The van der Waals surface area contributed by atoms with E-state index in [1.807, 2.05) is 6.20 Å². The quantitative estimate of drug-likeness (QED) is 0.752. The summed E-state index contributed by atoms with van der Waals surface area (Å²) >= 11 is 0. The fourth-order valence-electron chi connectivity index (χ4n) is 6.09. The highest BCUT2D eigenvalue weighted by molar-refractivity contribution is 5.43. The van der Waals surface area contributed by atoms with Crippen molar-refractivity contribution in [1.29, 1.82) is 0 Å². The molecular formula is C24H37N5. The number of allylic oxidation sites excluding steroid dienone is 1. The van der Waals surface area contributed by atoms with E-state index in [0.29, 0.717) is 11.5 Å². The van der Waals surface area contributed by atoms with E-state index in [4.69, 9.17) is 4.98 Å². The number of nitrogens with zero attached hydrogens (tertiary/aromatic N) is 4. The monoisotopic (exact) mass is 395 g/mol. The molecule has 3 heterocycles. The zero-order chi connectivity index (χ0) is 19.8. The molecule has 2 bridgehead atoms. The summed E-state index contributed by atoms with van der Waals surface area (Å²) in [5.41, 5.74) is 2.24. The normalized spacial score (nSPS) is 31.7. The summed E-state index contributed by atoms with van der Waals surface area (Å²) in [5.74, 6) is 3.64. The molecule has 1 N–H and O–H groups in total. The van der Waals surface area contributed by atoms with Crippen molar-refractivity contribution in [2.24, 2.45) is 17.3 Å². The van der Waals surface area contributed by atoms with Gasteiger partial charge in [-0.25, -0.2) is 4.98 Å². The van der Waals surface area contributed by atoms with Gasteiger partial charge in [-0.05, 0) is 55.4 Å². The fraction of sp³-hybridized carbons (Fsp3) is 0.750. The van der Waals surface area contributed by atoms with Crippen LogP contribution in [0.2, 0.25) is 0 Å². The van der Waals surface area contributed by atoms with Crippen molar-refractivity contribution in [3.05, 3.63) is 23.9 Å². The summed E-state index contributed by atoms with van der Waals surface area (Å²) in [6, 6.07) is 2.53. The Morgan fingerprint density at radius 3 is 2.72 bits per heavy atom. The van der Waals surface area contributed by atoms with E-state index in [1.54, 1.807) is 5.57 Å². The highest BCUT2D eigenvalue weighted by Crippen LogP contribution is 2.59. The molecule has 3 aliphatic carbocycles. The van der Waals surface area contributed by atoms with Gasteiger partial charge >= 0.3 is 0 Å². The molecule has 0 radical (unpaired) electrons. The molecule has 2 aliphatic heterocycles. The Morgan fingerprint density at radius 2 is 1.97 bits per heavy atom. The summed E-state index contributed by atoms with van der Waals surface area (Å²) in [6.07, 6.45) is 13.6. The van der Waals surface area contributed by atoms with Crippen LogP contribution in [0.25, 0.3) is 0 Å². The third-order valence-corrected chi connectivity index (χ3v) is 8.17. The molecule has 5 aliphatic rings. The van der Waals surface area contributed by atoms with Crippen LogP contribution in [-0.4, -0.2) is 53.6 Å². The van der Waals surface area contributed by atoms with E-state index in [9.17, 15) is 0 Å². The number of fused-ring (bicyclic) bond motifs is 1.